The van der Waals surface area contributed by atoms with Crippen molar-refractivity contribution in [3.05, 3.63) is 46.4 Å². The average molecular weight is 422 g/mol. The number of carbonyl (C=O) groups is 1. The molecule has 0 radical (unpaired) electrons. The number of ether oxygens (including phenoxy) is 4. The second kappa shape index (κ2) is 8.31. The molecule has 1 aliphatic heterocycles. The second-order valence-corrected chi connectivity index (χ2v) is 6.48. The number of fused-ring (bicyclic) bond motifs is 1. The molecule has 6 nitrogen and oxygen atoms in total. The van der Waals surface area contributed by atoms with Crippen molar-refractivity contribution < 1.29 is 23.7 Å². The van der Waals surface area contributed by atoms with Crippen LogP contribution in [0.15, 0.2) is 40.9 Å². The topological polar surface area (TPSA) is 66.0 Å². The molecule has 0 spiro atoms. The fourth-order valence-electron chi connectivity index (χ4n) is 2.63. The van der Waals surface area contributed by atoms with Crippen molar-refractivity contribution in [1.82, 2.24) is 5.32 Å². The first kappa shape index (κ1) is 18.4. The molecule has 3 rings (SSSR count). The molecule has 0 aliphatic carbocycles. The maximum absolute atomic E-state index is 12.5. The molecule has 2 aromatic carbocycles. The van der Waals surface area contributed by atoms with E-state index in [4.69, 9.17) is 18.9 Å². The molecule has 1 amide bonds. The van der Waals surface area contributed by atoms with Crippen molar-refractivity contribution in [2.24, 2.45) is 0 Å². The third kappa shape index (κ3) is 4.04. The molecule has 1 N–H and O–H groups in total. The van der Waals surface area contributed by atoms with Crippen molar-refractivity contribution in [1.29, 1.82) is 0 Å². The van der Waals surface area contributed by atoms with E-state index in [1.54, 1.807) is 19.2 Å². The van der Waals surface area contributed by atoms with Gasteiger partial charge >= 0.3 is 0 Å². The van der Waals surface area contributed by atoms with Gasteiger partial charge in [-0.05, 0) is 47.1 Å². The highest BCUT2D eigenvalue weighted by atomic mass is 79.9. The molecule has 138 valence electrons. The van der Waals surface area contributed by atoms with Gasteiger partial charge in [0.1, 0.15) is 12.7 Å². The van der Waals surface area contributed by atoms with E-state index in [1.165, 1.54) is 0 Å². The zero-order valence-corrected chi connectivity index (χ0v) is 16.2. The van der Waals surface area contributed by atoms with Crippen LogP contribution in [0.4, 0.5) is 0 Å². The quantitative estimate of drug-likeness (QED) is 0.773. The summed E-state index contributed by atoms with van der Waals surface area (Å²) in [6, 6.07) is 10.8. The van der Waals surface area contributed by atoms with E-state index >= 15 is 0 Å². The molecular formula is C19H20BrNO5. The van der Waals surface area contributed by atoms with E-state index < -0.39 is 0 Å². The largest absolute Gasteiger partial charge is 0.492 e. The Kier molecular flexibility index (Phi) is 5.88. The number of nitrogens with one attached hydrogen (secondary N) is 1. The van der Waals surface area contributed by atoms with Gasteiger partial charge in [-0.25, -0.2) is 0 Å². The summed E-state index contributed by atoms with van der Waals surface area (Å²) in [4.78, 5) is 12.5. The van der Waals surface area contributed by atoms with Crippen molar-refractivity contribution in [3.63, 3.8) is 0 Å². The van der Waals surface area contributed by atoms with Crippen LogP contribution in [0.5, 0.6) is 23.0 Å². The van der Waals surface area contributed by atoms with Crippen LogP contribution in [0.3, 0.4) is 0 Å². The molecule has 1 unspecified atom stereocenters. The zero-order valence-electron chi connectivity index (χ0n) is 14.6. The van der Waals surface area contributed by atoms with E-state index in [9.17, 15) is 4.79 Å². The van der Waals surface area contributed by atoms with E-state index in [-0.39, 0.29) is 12.0 Å². The molecule has 2 aromatic rings. The maximum atomic E-state index is 12.5. The Morgan fingerprint density at radius 3 is 2.81 bits per heavy atom. The Morgan fingerprint density at radius 1 is 1.31 bits per heavy atom. The van der Waals surface area contributed by atoms with Gasteiger partial charge in [-0.3, -0.25) is 4.79 Å². The SMILES string of the molecule is CCOc1cc(C(=O)NCC2COc3ccccc3O2)cc(Br)c1OC. The predicted octanol–water partition coefficient (Wildman–Crippen LogP) is 3.43. The lowest BCUT2D eigenvalue weighted by Gasteiger charge is -2.26. The number of amides is 1. The first-order valence-corrected chi connectivity index (χ1v) is 9.08. The van der Waals surface area contributed by atoms with Crippen LogP contribution in [0, 0.1) is 0 Å². The van der Waals surface area contributed by atoms with Crippen LogP contribution in [-0.2, 0) is 0 Å². The molecule has 0 aromatic heterocycles. The van der Waals surface area contributed by atoms with Gasteiger partial charge in [-0.15, -0.1) is 0 Å². The van der Waals surface area contributed by atoms with Crippen molar-refractivity contribution in [2.45, 2.75) is 13.0 Å². The van der Waals surface area contributed by atoms with Gasteiger partial charge in [-0.2, -0.15) is 0 Å². The number of methoxy groups -OCH3 is 1. The minimum atomic E-state index is -0.248. The first-order chi connectivity index (χ1) is 12.6. The van der Waals surface area contributed by atoms with Crippen LogP contribution in [0.25, 0.3) is 0 Å². The van der Waals surface area contributed by atoms with Crippen LogP contribution in [0.2, 0.25) is 0 Å². The Labute approximate surface area is 160 Å². The van der Waals surface area contributed by atoms with Crippen LogP contribution in [0.1, 0.15) is 17.3 Å². The molecule has 7 heteroatoms. The molecule has 0 saturated carbocycles. The zero-order chi connectivity index (χ0) is 18.5. The van der Waals surface area contributed by atoms with Crippen molar-refractivity contribution in [3.8, 4) is 23.0 Å². The van der Waals surface area contributed by atoms with Crippen LogP contribution in [-0.4, -0.2) is 38.9 Å². The summed E-state index contributed by atoms with van der Waals surface area (Å²) in [6.45, 7) is 3.06. The summed E-state index contributed by atoms with van der Waals surface area (Å²) in [5.41, 5.74) is 0.471. The van der Waals surface area contributed by atoms with Gasteiger partial charge in [0.05, 0.1) is 24.7 Å². The lowest BCUT2D eigenvalue weighted by Crippen LogP contribution is -2.40. The summed E-state index contributed by atoms with van der Waals surface area (Å²) >= 11 is 3.41. The number of benzene rings is 2. The first-order valence-electron chi connectivity index (χ1n) is 8.29. The summed E-state index contributed by atoms with van der Waals surface area (Å²) in [5, 5.41) is 2.87. The monoisotopic (exact) mass is 421 g/mol. The molecule has 1 atom stereocenters. The molecule has 1 heterocycles. The molecule has 0 bridgehead atoms. The lowest BCUT2D eigenvalue weighted by atomic mass is 10.2. The van der Waals surface area contributed by atoms with Crippen LogP contribution < -0.4 is 24.3 Å². The Balaban J connectivity index is 1.65. The van der Waals surface area contributed by atoms with Crippen molar-refractivity contribution in [2.75, 3.05) is 26.9 Å². The number of halogens is 1. The minimum absolute atomic E-state index is 0.225. The molecule has 0 fully saturated rings. The van der Waals surface area contributed by atoms with Gasteiger partial charge in [0.25, 0.3) is 5.91 Å². The van der Waals surface area contributed by atoms with E-state index in [0.29, 0.717) is 47.0 Å². The Morgan fingerprint density at radius 2 is 2.08 bits per heavy atom. The van der Waals surface area contributed by atoms with Gasteiger partial charge in [0, 0.05) is 5.56 Å². The van der Waals surface area contributed by atoms with Gasteiger partial charge in [0.2, 0.25) is 0 Å². The second-order valence-electron chi connectivity index (χ2n) is 5.63. The van der Waals surface area contributed by atoms with E-state index in [2.05, 4.69) is 21.2 Å². The molecule has 1 aliphatic rings. The standard InChI is InChI=1S/C19H20BrNO5/c1-3-24-17-9-12(8-14(20)18(17)23-2)19(22)21-10-13-11-25-15-6-4-5-7-16(15)26-13/h4-9,13H,3,10-11H2,1-2H3,(H,21,22). The predicted molar refractivity (Wildman–Crippen MR) is 101 cm³/mol. The fourth-order valence-corrected chi connectivity index (χ4v) is 3.24. The van der Waals surface area contributed by atoms with E-state index in [0.717, 1.165) is 5.75 Å². The summed E-state index contributed by atoms with van der Waals surface area (Å²) in [5.74, 6) is 2.25. The highest BCUT2D eigenvalue weighted by molar-refractivity contribution is 9.10. The number of hydrogen-bond donors (Lipinski definition) is 1. The third-order valence-corrected chi connectivity index (χ3v) is 4.42. The van der Waals surface area contributed by atoms with E-state index in [1.807, 2.05) is 31.2 Å². The summed E-state index contributed by atoms with van der Waals surface area (Å²) < 4.78 is 23.0. The summed E-state index contributed by atoms with van der Waals surface area (Å²) in [7, 11) is 1.56. The summed E-state index contributed by atoms with van der Waals surface area (Å²) in [6.07, 6.45) is -0.248. The van der Waals surface area contributed by atoms with Gasteiger partial charge in [-0.1, -0.05) is 12.1 Å². The Bertz CT molecular complexity index is 795. The van der Waals surface area contributed by atoms with Gasteiger partial charge < -0.3 is 24.3 Å². The average Bonchev–Trinajstić information content (AvgIpc) is 2.66. The number of carbonyl (C=O) groups excluding carboxylic acids is 1. The third-order valence-electron chi connectivity index (χ3n) is 3.83. The minimum Gasteiger partial charge on any atom is -0.492 e. The number of rotatable bonds is 6. The Hall–Kier alpha value is -2.41. The highest BCUT2D eigenvalue weighted by Crippen LogP contribution is 2.36. The molecule has 0 saturated heterocycles. The van der Waals surface area contributed by atoms with Gasteiger partial charge in [0.15, 0.2) is 23.0 Å². The van der Waals surface area contributed by atoms with Crippen molar-refractivity contribution >= 4 is 21.8 Å². The number of para-hydroxylation sites is 2. The molecule has 26 heavy (non-hydrogen) atoms. The smallest absolute Gasteiger partial charge is 0.251 e. The van der Waals surface area contributed by atoms with Crippen LogP contribution >= 0.6 is 15.9 Å². The highest BCUT2D eigenvalue weighted by Gasteiger charge is 2.22. The number of hydrogen-bond acceptors (Lipinski definition) is 5. The maximum Gasteiger partial charge on any atom is 0.251 e. The molecular weight excluding hydrogens is 402 g/mol. The normalized spacial score (nSPS) is 15.3. The lowest BCUT2D eigenvalue weighted by molar-refractivity contribution is 0.0789. The fraction of sp³-hybridized carbons (Fsp3) is 0.316.